The van der Waals surface area contributed by atoms with E-state index in [9.17, 15) is 9.90 Å². The number of aliphatic hydroxyl groups excluding tert-OH is 1. The summed E-state index contributed by atoms with van der Waals surface area (Å²) in [6, 6.07) is 7.77. The van der Waals surface area contributed by atoms with E-state index in [-0.39, 0.29) is 0 Å². The van der Waals surface area contributed by atoms with Gasteiger partial charge in [-0.25, -0.2) is 4.79 Å². The summed E-state index contributed by atoms with van der Waals surface area (Å²) < 4.78 is 0. The molecule has 17 heavy (non-hydrogen) atoms. The van der Waals surface area contributed by atoms with Crippen LogP contribution in [0.15, 0.2) is 30.5 Å². The van der Waals surface area contributed by atoms with Crippen LogP contribution in [-0.2, 0) is 10.2 Å². The maximum absolute atomic E-state index is 10.9. The Hall–Kier alpha value is -1.81. The van der Waals surface area contributed by atoms with Crippen molar-refractivity contribution in [2.75, 3.05) is 0 Å². The lowest BCUT2D eigenvalue weighted by Crippen LogP contribution is -2.33. The highest BCUT2D eigenvalue weighted by atomic mass is 16.4. The highest BCUT2D eigenvalue weighted by molar-refractivity contribution is 5.81. The number of aromatic amines is 1. The second-order valence-electron chi connectivity index (χ2n) is 4.68. The molecule has 1 saturated carbocycles. The van der Waals surface area contributed by atoms with E-state index in [0.29, 0.717) is 0 Å². The maximum atomic E-state index is 10.9. The van der Waals surface area contributed by atoms with Gasteiger partial charge in [-0.1, -0.05) is 12.1 Å². The lowest BCUT2D eigenvalue weighted by molar-refractivity contribution is -0.148. The Balaban J connectivity index is 2.06. The Morgan fingerprint density at radius 3 is 2.76 bits per heavy atom. The molecular weight excluding hydrogens is 218 g/mol. The van der Waals surface area contributed by atoms with E-state index in [0.717, 1.165) is 29.3 Å². The number of carboxylic acid groups (broad SMARTS) is 1. The van der Waals surface area contributed by atoms with Crippen LogP contribution in [0, 0.1) is 0 Å². The minimum absolute atomic E-state index is 0.578. The number of benzene rings is 1. The average Bonchev–Trinajstić information content (AvgIpc) is 2.99. The monoisotopic (exact) mass is 231 g/mol. The molecule has 1 aliphatic rings. The molecule has 1 fully saturated rings. The second-order valence-corrected chi connectivity index (χ2v) is 4.68. The topological polar surface area (TPSA) is 73.3 Å². The Morgan fingerprint density at radius 1 is 1.35 bits per heavy atom. The summed E-state index contributed by atoms with van der Waals surface area (Å²) in [5, 5.41) is 19.8. The molecule has 1 aromatic heterocycles. The third kappa shape index (κ3) is 1.45. The molecule has 4 nitrogen and oxygen atoms in total. The van der Waals surface area contributed by atoms with Crippen LogP contribution >= 0.6 is 0 Å². The van der Waals surface area contributed by atoms with Crippen molar-refractivity contribution >= 4 is 16.9 Å². The van der Waals surface area contributed by atoms with Crippen LogP contribution in [-0.4, -0.2) is 27.3 Å². The number of carbonyl (C=O) groups is 1. The fourth-order valence-corrected chi connectivity index (χ4v) is 2.45. The largest absolute Gasteiger partial charge is 0.479 e. The molecule has 4 heteroatoms. The molecule has 1 aliphatic carbocycles. The van der Waals surface area contributed by atoms with Gasteiger partial charge in [0.25, 0.3) is 0 Å². The smallest absolute Gasteiger partial charge is 0.333 e. The summed E-state index contributed by atoms with van der Waals surface area (Å²) in [6.07, 6.45) is 2.00. The van der Waals surface area contributed by atoms with Gasteiger partial charge in [-0.3, -0.25) is 0 Å². The van der Waals surface area contributed by atoms with Gasteiger partial charge in [0.2, 0.25) is 0 Å². The van der Waals surface area contributed by atoms with Crippen molar-refractivity contribution in [2.24, 2.45) is 0 Å². The van der Waals surface area contributed by atoms with Crippen LogP contribution in [0.1, 0.15) is 18.4 Å². The first-order valence-electron chi connectivity index (χ1n) is 5.62. The van der Waals surface area contributed by atoms with Gasteiger partial charge in [-0.2, -0.15) is 0 Å². The highest BCUT2D eigenvalue weighted by Crippen LogP contribution is 2.51. The standard InChI is InChI=1S/C13H13NO3/c15-11(12(16)17)13(4-5-13)9-2-1-8-3-6-14-10(8)7-9/h1-3,6-7,11,14-15H,4-5H2,(H,16,17). The van der Waals surface area contributed by atoms with Gasteiger partial charge in [0, 0.05) is 17.1 Å². The van der Waals surface area contributed by atoms with Crippen LogP contribution in [0.3, 0.4) is 0 Å². The molecule has 88 valence electrons. The van der Waals surface area contributed by atoms with Gasteiger partial charge in [0.05, 0.1) is 0 Å². The predicted octanol–water partition coefficient (Wildman–Crippen LogP) is 1.64. The molecule has 0 saturated heterocycles. The summed E-state index contributed by atoms with van der Waals surface area (Å²) >= 11 is 0. The van der Waals surface area contributed by atoms with E-state index in [4.69, 9.17) is 5.11 Å². The van der Waals surface area contributed by atoms with E-state index in [1.165, 1.54) is 0 Å². The predicted molar refractivity (Wildman–Crippen MR) is 62.9 cm³/mol. The molecule has 1 unspecified atom stereocenters. The first-order chi connectivity index (χ1) is 8.13. The van der Waals surface area contributed by atoms with E-state index in [1.54, 1.807) is 0 Å². The Morgan fingerprint density at radius 2 is 2.12 bits per heavy atom. The lowest BCUT2D eigenvalue weighted by Gasteiger charge is -2.19. The van der Waals surface area contributed by atoms with Gasteiger partial charge < -0.3 is 15.2 Å². The van der Waals surface area contributed by atoms with E-state index >= 15 is 0 Å². The van der Waals surface area contributed by atoms with Gasteiger partial charge in [0.1, 0.15) is 0 Å². The van der Waals surface area contributed by atoms with Crippen LogP contribution in [0.25, 0.3) is 10.9 Å². The molecule has 2 aromatic rings. The highest BCUT2D eigenvalue weighted by Gasteiger charge is 2.53. The molecule has 1 heterocycles. The lowest BCUT2D eigenvalue weighted by atomic mass is 9.89. The third-order valence-corrected chi connectivity index (χ3v) is 3.68. The minimum Gasteiger partial charge on any atom is -0.479 e. The summed E-state index contributed by atoms with van der Waals surface area (Å²) in [5.74, 6) is -1.14. The van der Waals surface area contributed by atoms with Crippen molar-refractivity contribution in [3.05, 3.63) is 36.0 Å². The summed E-state index contributed by atoms with van der Waals surface area (Å²) in [7, 11) is 0. The number of aliphatic hydroxyl groups is 1. The number of rotatable bonds is 3. The number of nitrogens with one attached hydrogen (secondary N) is 1. The zero-order valence-electron chi connectivity index (χ0n) is 9.18. The van der Waals surface area contributed by atoms with Crippen molar-refractivity contribution < 1.29 is 15.0 Å². The van der Waals surface area contributed by atoms with E-state index in [1.807, 2.05) is 30.5 Å². The first kappa shape index (κ1) is 10.4. The SMILES string of the molecule is O=C(O)C(O)C1(c2ccc3cc[nH]c3c2)CC1. The molecule has 0 amide bonds. The number of aromatic nitrogens is 1. The van der Waals surface area contributed by atoms with Crippen molar-refractivity contribution in [3.63, 3.8) is 0 Å². The van der Waals surface area contributed by atoms with Crippen molar-refractivity contribution in [3.8, 4) is 0 Å². The zero-order chi connectivity index (χ0) is 12.0. The number of aliphatic carboxylic acids is 1. The maximum Gasteiger partial charge on any atom is 0.333 e. The van der Waals surface area contributed by atoms with Crippen LogP contribution in [0.4, 0.5) is 0 Å². The fraction of sp³-hybridized carbons (Fsp3) is 0.308. The van der Waals surface area contributed by atoms with Gasteiger partial charge in [-0.15, -0.1) is 0 Å². The van der Waals surface area contributed by atoms with Crippen LogP contribution in [0.5, 0.6) is 0 Å². The van der Waals surface area contributed by atoms with E-state index in [2.05, 4.69) is 4.98 Å². The minimum atomic E-state index is -1.31. The summed E-state index contributed by atoms with van der Waals surface area (Å²) in [4.78, 5) is 14.0. The number of fused-ring (bicyclic) bond motifs is 1. The van der Waals surface area contributed by atoms with Crippen molar-refractivity contribution in [2.45, 2.75) is 24.4 Å². The van der Waals surface area contributed by atoms with Crippen molar-refractivity contribution in [1.82, 2.24) is 4.98 Å². The Labute approximate surface area is 97.9 Å². The second kappa shape index (κ2) is 3.34. The molecule has 1 atom stereocenters. The fourth-order valence-electron chi connectivity index (χ4n) is 2.45. The van der Waals surface area contributed by atoms with Crippen LogP contribution < -0.4 is 0 Å². The molecule has 3 N–H and O–H groups in total. The Kier molecular flexibility index (Phi) is 2.03. The molecule has 0 spiro atoms. The molecule has 0 aliphatic heterocycles. The third-order valence-electron chi connectivity index (χ3n) is 3.68. The molecule has 3 rings (SSSR count). The van der Waals surface area contributed by atoms with E-state index < -0.39 is 17.5 Å². The zero-order valence-corrected chi connectivity index (χ0v) is 9.18. The average molecular weight is 231 g/mol. The van der Waals surface area contributed by atoms with Gasteiger partial charge in [0.15, 0.2) is 6.10 Å². The number of hydrogen-bond acceptors (Lipinski definition) is 2. The number of carboxylic acids is 1. The van der Waals surface area contributed by atoms with Gasteiger partial charge >= 0.3 is 5.97 Å². The van der Waals surface area contributed by atoms with Crippen LogP contribution in [0.2, 0.25) is 0 Å². The summed E-state index contributed by atoms with van der Waals surface area (Å²) in [6.45, 7) is 0. The molecule has 0 bridgehead atoms. The normalized spacial score (nSPS) is 19.1. The number of H-pyrrole nitrogens is 1. The molecule has 0 radical (unpaired) electrons. The van der Waals surface area contributed by atoms with Gasteiger partial charge in [-0.05, 0) is 35.9 Å². The molecule has 1 aromatic carbocycles. The first-order valence-corrected chi connectivity index (χ1v) is 5.62. The van der Waals surface area contributed by atoms with Crippen molar-refractivity contribution in [1.29, 1.82) is 0 Å². The quantitative estimate of drug-likeness (QED) is 0.752. The molecular formula is C13H13NO3. The Bertz CT molecular complexity index is 583. The summed E-state index contributed by atoms with van der Waals surface area (Å²) in [5.41, 5.74) is 1.30. The number of hydrogen-bond donors (Lipinski definition) is 3.